The van der Waals surface area contributed by atoms with Crippen LogP contribution in [0, 0.1) is 45.0 Å². The van der Waals surface area contributed by atoms with Crippen LogP contribution in [0.2, 0.25) is 5.02 Å². The van der Waals surface area contributed by atoms with Crippen LogP contribution in [-0.4, -0.2) is 105 Å². The van der Waals surface area contributed by atoms with Gasteiger partial charge in [-0.05, 0) is 110 Å². The number of hydrogen-bond acceptors (Lipinski definition) is 12. The van der Waals surface area contributed by atoms with Crippen molar-refractivity contribution in [1.82, 2.24) is 35.6 Å². The van der Waals surface area contributed by atoms with Gasteiger partial charge in [0.25, 0.3) is 0 Å². The van der Waals surface area contributed by atoms with E-state index in [0.29, 0.717) is 23.9 Å². The number of nitrogens with zero attached hydrogens (tertiary/aromatic N) is 5. The molecule has 0 unspecified atom stereocenters. The van der Waals surface area contributed by atoms with E-state index in [1.807, 2.05) is 112 Å². The van der Waals surface area contributed by atoms with Crippen LogP contribution in [-0.2, 0) is 35.2 Å². The number of nitrogens with one attached hydrogen (secondary N) is 3. The molecule has 398 valence electrons. The molecule has 18 heteroatoms. The molecule has 4 N–H and O–H groups in total. The first-order valence-electron chi connectivity index (χ1n) is 25.4. The number of aliphatic hydroxyl groups is 1. The van der Waals surface area contributed by atoms with Gasteiger partial charge in [-0.2, -0.15) is 0 Å². The molecule has 2 aliphatic heterocycles. The second kappa shape index (κ2) is 24.6. The third-order valence-corrected chi connectivity index (χ3v) is 16.1. The van der Waals surface area contributed by atoms with E-state index < -0.39 is 41.5 Å². The van der Waals surface area contributed by atoms with Crippen LogP contribution >= 0.6 is 34.3 Å². The second-order valence-corrected chi connectivity index (χ2v) is 22.9. The summed E-state index contributed by atoms with van der Waals surface area (Å²) in [7, 11) is 0. The predicted molar refractivity (Wildman–Crippen MR) is 298 cm³/mol. The Morgan fingerprint density at radius 2 is 1.61 bits per heavy atom. The number of aliphatic imine (C=N–C) groups is 1. The largest absolute Gasteiger partial charge is 0.391 e. The summed E-state index contributed by atoms with van der Waals surface area (Å²) in [6, 6.07) is 22.7. The monoisotopic (exact) mass is 1080 g/mol. The number of carbonyl (C=O) groups excluding carboxylic acids is 4. The van der Waals surface area contributed by atoms with E-state index in [9.17, 15) is 24.3 Å². The average molecular weight is 1090 g/mol. The highest BCUT2D eigenvalue weighted by Gasteiger charge is 2.44. The molecule has 6 aromatic rings. The van der Waals surface area contributed by atoms with Crippen molar-refractivity contribution in [3.05, 3.63) is 145 Å². The summed E-state index contributed by atoms with van der Waals surface area (Å²) >= 11 is 9.61. The van der Waals surface area contributed by atoms with Gasteiger partial charge in [0.05, 0.1) is 30.9 Å². The third kappa shape index (κ3) is 13.3. The maximum Gasteiger partial charge on any atom is 0.246 e. The van der Waals surface area contributed by atoms with Crippen LogP contribution in [0.15, 0.2) is 89.2 Å². The van der Waals surface area contributed by atoms with Crippen LogP contribution in [0.3, 0.4) is 0 Å². The lowest BCUT2D eigenvalue weighted by molar-refractivity contribution is -0.144. The van der Waals surface area contributed by atoms with E-state index in [2.05, 4.69) is 70.2 Å². The Labute approximate surface area is 457 Å². The molecular weight excluding hydrogens is 1020 g/mol. The Morgan fingerprint density at radius 3 is 2.30 bits per heavy atom. The normalized spacial score (nSPS) is 16.8. The third-order valence-electron chi connectivity index (χ3n) is 13.6. The summed E-state index contributed by atoms with van der Waals surface area (Å²) in [5.41, 5.74) is 8.07. The maximum absolute atomic E-state index is 14.0. The van der Waals surface area contributed by atoms with Crippen molar-refractivity contribution < 1.29 is 33.8 Å². The Hall–Kier alpha value is -6.52. The first kappa shape index (κ1) is 55.7. The van der Waals surface area contributed by atoms with Crippen molar-refractivity contribution in [3.8, 4) is 27.3 Å². The van der Waals surface area contributed by atoms with Gasteiger partial charge < -0.3 is 35.4 Å². The van der Waals surface area contributed by atoms with E-state index in [1.165, 1.54) is 20.2 Å². The number of fused-ring (bicyclic) bond motifs is 3. The van der Waals surface area contributed by atoms with Gasteiger partial charge in [-0.15, -0.1) is 32.9 Å². The van der Waals surface area contributed by atoms with Gasteiger partial charge in [-0.1, -0.05) is 92.7 Å². The number of carbonyl (C=O) groups is 4. The Kier molecular flexibility index (Phi) is 18.1. The molecule has 76 heavy (non-hydrogen) atoms. The fourth-order valence-electron chi connectivity index (χ4n) is 9.31. The highest BCUT2D eigenvalue weighted by atomic mass is 35.5. The van der Waals surface area contributed by atoms with Crippen molar-refractivity contribution in [2.24, 2.45) is 10.4 Å². The van der Waals surface area contributed by atoms with Crippen molar-refractivity contribution >= 4 is 63.6 Å². The van der Waals surface area contributed by atoms with Gasteiger partial charge in [0, 0.05) is 57.6 Å². The standard InChI is InChI=1S/C58H65ClN8O7S2/c1-34-24-28-75-52(34)43-18-14-40(15-19-43)31-60-55(71)47-29-45(68)32-66(47)56(72)53(58(6,7)8)63-49(70)33-74-27-10-26-73-25-9-11-39-12-16-41(17-13-39)36(3)61-48(69)30-46-54-65-64-38(5)67(54)57-50(35(2)37(4)76-57)51(62-46)42-20-22-44(59)23-21-42/h12-24,28,36,45-47,53,68H,10,25-27,29-33H2,1-8H3,(H,60,71)(H,61,69)(H,63,70)/t36-,45-,46+,47+,53-/m1/s1. The van der Waals surface area contributed by atoms with E-state index in [4.69, 9.17) is 26.1 Å². The minimum Gasteiger partial charge on any atom is -0.391 e. The lowest BCUT2D eigenvalue weighted by atomic mass is 9.85. The smallest absolute Gasteiger partial charge is 0.246 e. The molecule has 15 nitrogen and oxygen atoms in total. The number of aryl methyl sites for hydroxylation is 3. The topological polar surface area (TPSA) is 189 Å². The summed E-state index contributed by atoms with van der Waals surface area (Å²) in [5.74, 6) is 6.04. The summed E-state index contributed by atoms with van der Waals surface area (Å²) in [6.45, 7) is 16.4. The zero-order valence-corrected chi connectivity index (χ0v) is 46.5. The minimum atomic E-state index is -0.965. The van der Waals surface area contributed by atoms with Crippen molar-refractivity contribution in [3.63, 3.8) is 0 Å². The molecule has 1 fully saturated rings. The molecule has 0 spiro atoms. The van der Waals surface area contributed by atoms with Crippen molar-refractivity contribution in [1.29, 1.82) is 0 Å². The molecule has 3 aromatic heterocycles. The maximum atomic E-state index is 14.0. The molecule has 1 saturated heterocycles. The van der Waals surface area contributed by atoms with E-state index >= 15 is 0 Å². The van der Waals surface area contributed by atoms with Crippen molar-refractivity contribution in [2.45, 2.75) is 111 Å². The SMILES string of the molecule is Cc1ccsc1-c1ccc(CNC(=O)[C@@H]2C[C@@H](O)CN2C(=O)[C@@H](NC(=O)COCCCOCC#Cc2ccc([C@@H](C)NC(=O)C[C@@H]3N=C(c4ccc(Cl)cc4)c4c(sc(C)c4C)-n4c(C)nnc43)cc2)C(C)(C)C)cc1. The number of ether oxygens (including phenoxy) is 2. The number of rotatable bonds is 18. The molecule has 5 heterocycles. The van der Waals surface area contributed by atoms with Gasteiger partial charge in [-0.25, -0.2) is 0 Å². The quantitative estimate of drug-likeness (QED) is 0.0482. The number of likely N-dealkylation sites (tertiary alicyclic amines) is 1. The Bertz CT molecular complexity index is 3150. The number of aliphatic hydroxyl groups excluding tert-OH is 1. The number of β-amino-alcohol motifs (C(OH)–C–C–N with tert-alkyl or cyclic N) is 1. The molecule has 0 saturated carbocycles. The van der Waals surface area contributed by atoms with Gasteiger partial charge >= 0.3 is 0 Å². The minimum absolute atomic E-state index is 0.0150. The van der Waals surface area contributed by atoms with Crippen LogP contribution in [0.5, 0.6) is 0 Å². The van der Waals surface area contributed by atoms with Crippen LogP contribution < -0.4 is 16.0 Å². The average Bonchev–Trinajstić information content (AvgIpc) is 4.16. The van der Waals surface area contributed by atoms with Crippen molar-refractivity contribution in [2.75, 3.05) is 33.0 Å². The number of amides is 4. The van der Waals surface area contributed by atoms with Crippen LogP contribution in [0.4, 0.5) is 0 Å². The number of aromatic nitrogens is 3. The fraction of sp³-hybridized carbons (Fsp3) is 0.397. The Balaban J connectivity index is 0.753. The lowest BCUT2D eigenvalue weighted by Gasteiger charge is -2.35. The highest BCUT2D eigenvalue weighted by Crippen LogP contribution is 2.40. The lowest BCUT2D eigenvalue weighted by Crippen LogP contribution is -2.58. The number of hydrogen-bond donors (Lipinski definition) is 4. The van der Waals surface area contributed by atoms with Crippen LogP contribution in [0.1, 0.15) is 115 Å². The molecule has 5 atom stereocenters. The van der Waals surface area contributed by atoms with E-state index in [1.54, 1.807) is 22.7 Å². The summed E-state index contributed by atoms with van der Waals surface area (Å²) in [5, 5.41) is 32.1. The molecular formula is C58H65ClN8O7S2. The van der Waals surface area contributed by atoms with Gasteiger partial charge in [0.15, 0.2) is 5.82 Å². The number of benzene rings is 3. The molecule has 3 aromatic carbocycles. The molecule has 0 aliphatic carbocycles. The molecule has 0 radical (unpaired) electrons. The summed E-state index contributed by atoms with van der Waals surface area (Å²) in [6.07, 6.45) is -0.186. The zero-order valence-electron chi connectivity index (χ0n) is 44.2. The molecule has 0 bridgehead atoms. The summed E-state index contributed by atoms with van der Waals surface area (Å²) < 4.78 is 13.4. The van der Waals surface area contributed by atoms with Crippen LogP contribution in [0.25, 0.3) is 15.4 Å². The number of halogens is 1. The highest BCUT2D eigenvalue weighted by molar-refractivity contribution is 7.15. The van der Waals surface area contributed by atoms with E-state index in [-0.39, 0.29) is 63.6 Å². The first-order chi connectivity index (χ1) is 36.4. The zero-order chi connectivity index (χ0) is 54.3. The van der Waals surface area contributed by atoms with Gasteiger partial charge in [0.1, 0.15) is 42.2 Å². The summed E-state index contributed by atoms with van der Waals surface area (Å²) in [4.78, 5) is 63.3. The predicted octanol–water partition coefficient (Wildman–Crippen LogP) is 8.69. The molecule has 8 rings (SSSR count). The number of thiophene rings is 2. The second-order valence-electron chi connectivity index (χ2n) is 20.4. The first-order valence-corrected chi connectivity index (χ1v) is 27.5. The fourth-order valence-corrected chi connectivity index (χ4v) is 11.6. The Morgan fingerprint density at radius 1 is 0.895 bits per heavy atom. The van der Waals surface area contributed by atoms with Gasteiger partial charge in [-0.3, -0.25) is 28.7 Å². The van der Waals surface area contributed by atoms with Gasteiger partial charge in [0.2, 0.25) is 23.6 Å². The molecule has 4 amide bonds. The molecule has 2 aliphatic rings. The van der Waals surface area contributed by atoms with E-state index in [0.717, 1.165) is 55.5 Å².